The lowest BCUT2D eigenvalue weighted by Gasteiger charge is -2.10. The minimum atomic E-state index is 0.109. The van der Waals surface area contributed by atoms with E-state index in [1.165, 1.54) is 10.8 Å². The molecule has 0 aliphatic carbocycles. The fraction of sp³-hybridized carbons (Fsp3) is 0.0476. The Balaban J connectivity index is 1.88. The number of carbonyl (C=O) groups is 1. The molecule has 0 unspecified atom stereocenters. The zero-order valence-corrected chi connectivity index (χ0v) is 12.6. The Hall–Kier alpha value is -3.00. The molecule has 3 aromatic rings. The minimum absolute atomic E-state index is 0.109. The molecule has 2 heteroatoms. The zero-order chi connectivity index (χ0) is 15.6. The molecule has 0 N–H and O–H groups in total. The Labute approximate surface area is 134 Å². The number of ketones is 1. The minimum Gasteiger partial charge on any atom is -0.294 e. The molecule has 1 heterocycles. The summed E-state index contributed by atoms with van der Waals surface area (Å²) in [6.07, 6.45) is 4.24. The lowest BCUT2D eigenvalue weighted by atomic mass is 10.0. The molecule has 0 spiro atoms. The van der Waals surface area contributed by atoms with E-state index in [0.29, 0.717) is 12.0 Å². The van der Waals surface area contributed by atoms with Crippen LogP contribution in [0.25, 0.3) is 10.8 Å². The molecular weight excluding hydrogens is 282 g/mol. The molecule has 4 rings (SSSR count). The third kappa shape index (κ3) is 2.59. The van der Waals surface area contributed by atoms with Crippen LogP contribution in [-0.4, -0.2) is 11.5 Å². The molecule has 0 bridgehead atoms. The summed E-state index contributed by atoms with van der Waals surface area (Å²) in [5.74, 6) is 0.109. The van der Waals surface area contributed by atoms with E-state index in [1.807, 2.05) is 48.6 Å². The molecule has 110 valence electrons. The predicted octanol–water partition coefficient (Wildman–Crippen LogP) is 5.10. The normalized spacial score (nSPS) is 14.1. The van der Waals surface area contributed by atoms with Crippen molar-refractivity contribution in [3.63, 3.8) is 0 Å². The lowest BCUT2D eigenvalue weighted by molar-refractivity contribution is 0.0996. The van der Waals surface area contributed by atoms with Gasteiger partial charge < -0.3 is 0 Å². The van der Waals surface area contributed by atoms with Gasteiger partial charge in [0.2, 0.25) is 0 Å². The maximum Gasteiger partial charge on any atom is 0.168 e. The van der Waals surface area contributed by atoms with Crippen LogP contribution in [0.3, 0.4) is 0 Å². The molecule has 0 atom stereocenters. The summed E-state index contributed by atoms with van der Waals surface area (Å²) >= 11 is 0. The maximum absolute atomic E-state index is 12.2. The van der Waals surface area contributed by atoms with Crippen LogP contribution in [0.4, 0.5) is 5.69 Å². The standard InChI is InChI=1S/C21H15NO/c23-21-11-5-10-19(22-20-9-4-3-8-18(20)21)17-13-12-15-6-1-2-7-16(15)14-17/h1-10,12-14H,11H2. The van der Waals surface area contributed by atoms with E-state index in [0.717, 1.165) is 17.0 Å². The van der Waals surface area contributed by atoms with E-state index in [2.05, 4.69) is 30.3 Å². The monoisotopic (exact) mass is 297 g/mol. The van der Waals surface area contributed by atoms with Gasteiger partial charge in [0.05, 0.1) is 11.4 Å². The number of nitrogens with zero attached hydrogens (tertiary/aromatic N) is 1. The molecule has 1 aliphatic heterocycles. The highest BCUT2D eigenvalue weighted by molar-refractivity contribution is 6.14. The smallest absolute Gasteiger partial charge is 0.168 e. The highest BCUT2D eigenvalue weighted by Crippen LogP contribution is 2.25. The van der Waals surface area contributed by atoms with Crippen molar-refractivity contribution >= 4 is 28.0 Å². The maximum atomic E-state index is 12.2. The molecule has 3 aromatic carbocycles. The first-order valence-electron chi connectivity index (χ1n) is 7.68. The zero-order valence-electron chi connectivity index (χ0n) is 12.6. The lowest BCUT2D eigenvalue weighted by Crippen LogP contribution is -2.04. The number of hydrogen-bond acceptors (Lipinski definition) is 2. The fourth-order valence-electron chi connectivity index (χ4n) is 2.87. The SMILES string of the molecule is O=C1CC=CC(c2ccc3ccccc3c2)=Nc2ccccc21. The Morgan fingerprint density at radius 1 is 0.826 bits per heavy atom. The van der Waals surface area contributed by atoms with Crippen LogP contribution >= 0.6 is 0 Å². The van der Waals surface area contributed by atoms with Crippen molar-refractivity contribution in [2.45, 2.75) is 6.42 Å². The first-order valence-corrected chi connectivity index (χ1v) is 7.68. The van der Waals surface area contributed by atoms with Gasteiger partial charge in [-0.2, -0.15) is 0 Å². The molecule has 0 saturated heterocycles. The Morgan fingerprint density at radius 2 is 1.61 bits per heavy atom. The second-order valence-electron chi connectivity index (χ2n) is 5.61. The number of aliphatic imine (C=N–C) groups is 1. The van der Waals surface area contributed by atoms with Crippen LogP contribution < -0.4 is 0 Å². The van der Waals surface area contributed by atoms with E-state index in [-0.39, 0.29) is 5.78 Å². The van der Waals surface area contributed by atoms with Gasteiger partial charge in [-0.1, -0.05) is 54.6 Å². The van der Waals surface area contributed by atoms with Gasteiger partial charge in [-0.15, -0.1) is 0 Å². The van der Waals surface area contributed by atoms with Gasteiger partial charge in [0.1, 0.15) is 0 Å². The molecule has 0 saturated carbocycles. The topological polar surface area (TPSA) is 29.4 Å². The number of benzene rings is 3. The van der Waals surface area contributed by atoms with Gasteiger partial charge in [-0.25, -0.2) is 4.99 Å². The average molecular weight is 297 g/mol. The molecule has 0 amide bonds. The summed E-state index contributed by atoms with van der Waals surface area (Å²) in [6, 6.07) is 22.1. The van der Waals surface area contributed by atoms with Crippen LogP contribution in [0.15, 0.2) is 83.9 Å². The van der Waals surface area contributed by atoms with Crippen molar-refractivity contribution in [3.05, 3.63) is 90.0 Å². The van der Waals surface area contributed by atoms with Gasteiger partial charge in [0.15, 0.2) is 5.78 Å². The summed E-state index contributed by atoms with van der Waals surface area (Å²) in [6.45, 7) is 0. The van der Waals surface area contributed by atoms with Crippen molar-refractivity contribution in [1.29, 1.82) is 0 Å². The number of rotatable bonds is 1. The van der Waals surface area contributed by atoms with Crippen molar-refractivity contribution < 1.29 is 4.79 Å². The summed E-state index contributed by atoms with van der Waals surface area (Å²) in [5.41, 5.74) is 3.37. The highest BCUT2D eigenvalue weighted by atomic mass is 16.1. The molecule has 0 radical (unpaired) electrons. The predicted molar refractivity (Wildman–Crippen MR) is 94.7 cm³/mol. The summed E-state index contributed by atoms with van der Waals surface area (Å²) in [4.78, 5) is 16.9. The average Bonchev–Trinajstić information content (AvgIpc) is 2.59. The Kier molecular flexibility index (Phi) is 3.35. The molecule has 0 aromatic heterocycles. The van der Waals surface area contributed by atoms with Crippen molar-refractivity contribution in [2.24, 2.45) is 4.99 Å². The third-order valence-corrected chi connectivity index (χ3v) is 4.07. The van der Waals surface area contributed by atoms with Gasteiger partial charge in [0, 0.05) is 17.5 Å². The van der Waals surface area contributed by atoms with E-state index < -0.39 is 0 Å². The van der Waals surface area contributed by atoms with E-state index in [1.54, 1.807) is 0 Å². The quantitative estimate of drug-likeness (QED) is 0.614. The van der Waals surface area contributed by atoms with E-state index >= 15 is 0 Å². The second-order valence-corrected chi connectivity index (χ2v) is 5.61. The molecule has 0 fully saturated rings. The highest BCUT2D eigenvalue weighted by Gasteiger charge is 2.13. The van der Waals surface area contributed by atoms with Crippen molar-refractivity contribution in [3.8, 4) is 0 Å². The molecule has 1 aliphatic rings. The number of fused-ring (bicyclic) bond motifs is 2. The van der Waals surface area contributed by atoms with Crippen LogP contribution in [0.5, 0.6) is 0 Å². The van der Waals surface area contributed by atoms with E-state index in [4.69, 9.17) is 4.99 Å². The summed E-state index contributed by atoms with van der Waals surface area (Å²) in [5, 5.41) is 2.40. The Bertz CT molecular complexity index is 966. The van der Waals surface area contributed by atoms with Gasteiger partial charge in [0.25, 0.3) is 0 Å². The first kappa shape index (κ1) is 13.6. The van der Waals surface area contributed by atoms with E-state index in [9.17, 15) is 4.79 Å². The van der Waals surface area contributed by atoms with Crippen molar-refractivity contribution in [1.82, 2.24) is 0 Å². The van der Waals surface area contributed by atoms with Crippen LogP contribution in [0.1, 0.15) is 22.3 Å². The third-order valence-electron chi connectivity index (χ3n) is 4.07. The number of allylic oxidation sites excluding steroid dienone is 2. The second kappa shape index (κ2) is 5.65. The van der Waals surface area contributed by atoms with Gasteiger partial charge in [-0.05, 0) is 35.0 Å². The Morgan fingerprint density at radius 3 is 2.52 bits per heavy atom. The molecule has 23 heavy (non-hydrogen) atoms. The first-order chi connectivity index (χ1) is 11.3. The van der Waals surface area contributed by atoms with Crippen LogP contribution in [-0.2, 0) is 0 Å². The van der Waals surface area contributed by atoms with Crippen molar-refractivity contribution in [2.75, 3.05) is 0 Å². The molecular formula is C21H15NO. The summed E-state index contributed by atoms with van der Waals surface area (Å²) in [7, 11) is 0. The van der Waals surface area contributed by atoms with Gasteiger partial charge >= 0.3 is 0 Å². The number of hydrogen-bond donors (Lipinski definition) is 0. The fourth-order valence-corrected chi connectivity index (χ4v) is 2.87. The van der Waals surface area contributed by atoms with Crippen LogP contribution in [0, 0.1) is 0 Å². The summed E-state index contributed by atoms with van der Waals surface area (Å²) < 4.78 is 0. The number of para-hydroxylation sites is 1. The van der Waals surface area contributed by atoms with Gasteiger partial charge in [-0.3, -0.25) is 4.79 Å². The van der Waals surface area contributed by atoms with Crippen LogP contribution in [0.2, 0.25) is 0 Å². The number of Topliss-reactive ketones (excluding diaryl/α,β-unsaturated/α-hetero) is 1. The molecule has 2 nitrogen and oxygen atoms in total. The largest absolute Gasteiger partial charge is 0.294 e. The number of carbonyl (C=O) groups excluding carboxylic acids is 1.